The van der Waals surface area contributed by atoms with E-state index >= 15 is 0 Å². The predicted molar refractivity (Wildman–Crippen MR) is 145 cm³/mol. The monoisotopic (exact) mass is 509 g/mol. The lowest BCUT2D eigenvalue weighted by Crippen LogP contribution is -2.36. The maximum atomic E-state index is 12.3. The maximum Gasteiger partial charge on any atom is 0.262 e. The van der Waals surface area contributed by atoms with Crippen molar-refractivity contribution >= 4 is 34.6 Å². The molecule has 0 unspecified atom stereocenters. The van der Waals surface area contributed by atoms with Crippen molar-refractivity contribution in [2.45, 2.75) is 20.4 Å². The van der Waals surface area contributed by atoms with Crippen LogP contribution >= 0.6 is 11.6 Å². The molecule has 1 aliphatic heterocycles. The van der Waals surface area contributed by atoms with Gasteiger partial charge in [-0.3, -0.25) is 4.79 Å². The molecule has 0 bridgehead atoms. The van der Waals surface area contributed by atoms with Gasteiger partial charge in [0.2, 0.25) is 0 Å². The van der Waals surface area contributed by atoms with Crippen LogP contribution in [0.25, 0.3) is 0 Å². The van der Waals surface area contributed by atoms with Crippen molar-refractivity contribution in [3.8, 4) is 11.5 Å². The summed E-state index contributed by atoms with van der Waals surface area (Å²) in [4.78, 5) is 14.6. The molecule has 1 saturated heterocycles. The van der Waals surface area contributed by atoms with Crippen molar-refractivity contribution in [3.05, 3.63) is 76.8 Å². The molecule has 0 saturated carbocycles. The molecule has 0 spiro atoms. The second-order valence-electron chi connectivity index (χ2n) is 8.54. The minimum Gasteiger partial charge on any atom is -0.490 e. The quantitative estimate of drug-likeness (QED) is 0.375. The number of rotatable bonds is 10. The third-order valence-corrected chi connectivity index (χ3v) is 6.10. The summed E-state index contributed by atoms with van der Waals surface area (Å²) in [5, 5.41) is 6.96. The highest BCUT2D eigenvalue weighted by atomic mass is 35.5. The van der Waals surface area contributed by atoms with Crippen LogP contribution in [0.15, 0.2) is 60.7 Å². The van der Waals surface area contributed by atoms with Gasteiger partial charge in [-0.25, -0.2) is 0 Å². The lowest BCUT2D eigenvalue weighted by atomic mass is 10.2. The fraction of sp³-hybridized carbons (Fsp3) is 0.321. The highest BCUT2D eigenvalue weighted by molar-refractivity contribution is 6.33. The standard InChI is InChI=1S/C28H32ClN3O4/c1-3-35-27-16-21(6-11-26(27)36-19-28(33)31-22-7-4-20(2)5-8-22)18-30-23-9-10-25(24(29)17-23)32-12-14-34-15-13-32/h4-11,16-17,30H,3,12-15,18-19H2,1-2H3,(H,31,33). The largest absolute Gasteiger partial charge is 0.490 e. The predicted octanol–water partition coefficient (Wildman–Crippen LogP) is 5.51. The van der Waals surface area contributed by atoms with Gasteiger partial charge in [0.25, 0.3) is 5.91 Å². The topological polar surface area (TPSA) is 72.1 Å². The summed E-state index contributed by atoms with van der Waals surface area (Å²) in [5.41, 5.74) is 4.84. The summed E-state index contributed by atoms with van der Waals surface area (Å²) in [6.07, 6.45) is 0. The molecular weight excluding hydrogens is 478 g/mol. The van der Waals surface area contributed by atoms with E-state index in [1.807, 2.05) is 74.5 Å². The smallest absolute Gasteiger partial charge is 0.262 e. The number of halogens is 1. The van der Waals surface area contributed by atoms with Crippen molar-refractivity contribution in [3.63, 3.8) is 0 Å². The van der Waals surface area contributed by atoms with E-state index in [1.54, 1.807) is 0 Å². The Kier molecular flexibility index (Phi) is 8.92. The van der Waals surface area contributed by atoms with Crippen LogP contribution in [0.2, 0.25) is 5.02 Å². The van der Waals surface area contributed by atoms with Gasteiger partial charge in [-0.05, 0) is 61.9 Å². The first-order chi connectivity index (χ1) is 17.5. The summed E-state index contributed by atoms with van der Waals surface area (Å²) in [5.74, 6) is 0.891. The molecule has 1 heterocycles. The number of hydrogen-bond acceptors (Lipinski definition) is 6. The van der Waals surface area contributed by atoms with Gasteiger partial charge in [0.15, 0.2) is 18.1 Å². The molecule has 8 heteroatoms. The third-order valence-electron chi connectivity index (χ3n) is 5.80. The van der Waals surface area contributed by atoms with Gasteiger partial charge in [0, 0.05) is 31.0 Å². The van der Waals surface area contributed by atoms with E-state index in [4.69, 9.17) is 25.8 Å². The summed E-state index contributed by atoms with van der Waals surface area (Å²) in [6, 6.07) is 19.3. The fourth-order valence-corrected chi connectivity index (χ4v) is 4.21. The highest BCUT2D eigenvalue weighted by Crippen LogP contribution is 2.31. The summed E-state index contributed by atoms with van der Waals surface area (Å²) in [6.45, 7) is 7.99. The molecule has 1 fully saturated rings. The molecule has 0 aromatic heterocycles. The molecule has 1 amide bonds. The van der Waals surface area contributed by atoms with Gasteiger partial charge in [-0.15, -0.1) is 0 Å². The van der Waals surface area contributed by atoms with Crippen LogP contribution in [0, 0.1) is 6.92 Å². The van der Waals surface area contributed by atoms with Gasteiger partial charge in [0.1, 0.15) is 0 Å². The Labute approximate surface area is 217 Å². The van der Waals surface area contributed by atoms with Crippen LogP contribution < -0.4 is 25.0 Å². The molecule has 0 atom stereocenters. The molecule has 0 radical (unpaired) electrons. The van der Waals surface area contributed by atoms with Crippen LogP contribution in [0.3, 0.4) is 0 Å². The van der Waals surface area contributed by atoms with Crippen LogP contribution in [0.1, 0.15) is 18.1 Å². The van der Waals surface area contributed by atoms with Crippen molar-refractivity contribution in [2.24, 2.45) is 0 Å². The number of amides is 1. The Bertz CT molecular complexity index is 1160. The minimum atomic E-state index is -0.232. The minimum absolute atomic E-state index is 0.112. The van der Waals surface area contributed by atoms with Crippen LogP contribution in [0.4, 0.5) is 17.1 Å². The average Bonchev–Trinajstić information content (AvgIpc) is 2.89. The Morgan fingerprint density at radius 3 is 2.44 bits per heavy atom. The van der Waals surface area contributed by atoms with Gasteiger partial charge in [-0.2, -0.15) is 0 Å². The van der Waals surface area contributed by atoms with Crippen LogP contribution in [0.5, 0.6) is 11.5 Å². The fourth-order valence-electron chi connectivity index (χ4n) is 3.91. The number of carbonyl (C=O) groups excluding carboxylic acids is 1. The Hall–Kier alpha value is -3.42. The van der Waals surface area contributed by atoms with E-state index in [1.165, 1.54) is 0 Å². The van der Waals surface area contributed by atoms with Gasteiger partial charge in [0.05, 0.1) is 30.5 Å². The molecule has 2 N–H and O–H groups in total. The average molecular weight is 510 g/mol. The normalized spacial score (nSPS) is 13.2. The zero-order chi connectivity index (χ0) is 25.3. The number of hydrogen-bond donors (Lipinski definition) is 2. The molecule has 3 aromatic carbocycles. The van der Waals surface area contributed by atoms with Crippen LogP contribution in [-0.2, 0) is 16.1 Å². The first-order valence-corrected chi connectivity index (χ1v) is 12.5. The van der Waals surface area contributed by atoms with Gasteiger partial charge >= 0.3 is 0 Å². The number of ether oxygens (including phenoxy) is 3. The second-order valence-corrected chi connectivity index (χ2v) is 8.94. The number of benzene rings is 3. The highest BCUT2D eigenvalue weighted by Gasteiger charge is 2.15. The lowest BCUT2D eigenvalue weighted by Gasteiger charge is -2.29. The number of morpholine rings is 1. The van der Waals surface area contributed by atoms with E-state index < -0.39 is 0 Å². The van der Waals surface area contributed by atoms with Crippen molar-refractivity contribution < 1.29 is 19.0 Å². The SMILES string of the molecule is CCOc1cc(CNc2ccc(N3CCOCC3)c(Cl)c2)ccc1OCC(=O)Nc1ccc(C)cc1. The van der Waals surface area contributed by atoms with E-state index in [0.717, 1.165) is 54.5 Å². The molecule has 4 rings (SSSR count). The third kappa shape index (κ3) is 7.06. The first kappa shape index (κ1) is 25.7. The molecule has 36 heavy (non-hydrogen) atoms. The van der Waals surface area contributed by atoms with Gasteiger partial charge in [-0.1, -0.05) is 35.4 Å². The molecule has 1 aliphatic rings. The molecular formula is C28H32ClN3O4. The summed E-state index contributed by atoms with van der Waals surface area (Å²) < 4.78 is 17.0. The summed E-state index contributed by atoms with van der Waals surface area (Å²) >= 11 is 6.56. The molecule has 3 aromatic rings. The molecule has 0 aliphatic carbocycles. The molecule has 190 valence electrons. The Balaban J connectivity index is 1.34. The van der Waals surface area contributed by atoms with E-state index in [9.17, 15) is 4.79 Å². The lowest BCUT2D eigenvalue weighted by molar-refractivity contribution is -0.118. The van der Waals surface area contributed by atoms with Crippen molar-refractivity contribution in [1.82, 2.24) is 0 Å². The Morgan fingerprint density at radius 1 is 0.972 bits per heavy atom. The zero-order valence-electron chi connectivity index (χ0n) is 20.7. The number of nitrogens with one attached hydrogen (secondary N) is 2. The van der Waals surface area contributed by atoms with E-state index in [-0.39, 0.29) is 12.5 Å². The zero-order valence-corrected chi connectivity index (χ0v) is 21.4. The van der Waals surface area contributed by atoms with Crippen LogP contribution in [-0.4, -0.2) is 45.4 Å². The van der Waals surface area contributed by atoms with Gasteiger partial charge < -0.3 is 29.7 Å². The van der Waals surface area contributed by atoms with E-state index in [2.05, 4.69) is 15.5 Å². The number of anilines is 3. The van der Waals surface area contributed by atoms with Crippen molar-refractivity contribution in [1.29, 1.82) is 0 Å². The van der Waals surface area contributed by atoms with Crippen molar-refractivity contribution in [2.75, 3.05) is 55.1 Å². The van der Waals surface area contributed by atoms with E-state index in [0.29, 0.717) is 29.7 Å². The maximum absolute atomic E-state index is 12.3. The number of aryl methyl sites for hydroxylation is 1. The second kappa shape index (κ2) is 12.5. The Morgan fingerprint density at radius 2 is 1.72 bits per heavy atom. The number of carbonyl (C=O) groups is 1. The first-order valence-electron chi connectivity index (χ1n) is 12.1. The molecule has 7 nitrogen and oxygen atoms in total. The summed E-state index contributed by atoms with van der Waals surface area (Å²) in [7, 11) is 0. The number of nitrogens with zero attached hydrogens (tertiary/aromatic N) is 1.